The fourth-order valence-electron chi connectivity index (χ4n) is 3.33. The van der Waals surface area contributed by atoms with Crippen molar-refractivity contribution in [1.29, 1.82) is 0 Å². The summed E-state index contributed by atoms with van der Waals surface area (Å²) < 4.78 is 26.5. The molecule has 1 aromatic rings. The highest BCUT2D eigenvalue weighted by Crippen LogP contribution is 2.28. The van der Waals surface area contributed by atoms with Gasteiger partial charge in [-0.15, -0.1) is 0 Å². The summed E-state index contributed by atoms with van der Waals surface area (Å²) in [5.41, 5.74) is 0.155. The Balaban J connectivity index is 1.90. The molecule has 0 heterocycles. The van der Waals surface area contributed by atoms with Crippen molar-refractivity contribution < 1.29 is 13.9 Å². The number of aliphatic hydroxyl groups excluding tert-OH is 1. The van der Waals surface area contributed by atoms with Gasteiger partial charge in [0.2, 0.25) is 0 Å². The van der Waals surface area contributed by atoms with Crippen molar-refractivity contribution in [3.63, 3.8) is 0 Å². The summed E-state index contributed by atoms with van der Waals surface area (Å²) >= 11 is 0. The molecule has 2 unspecified atom stereocenters. The molecule has 2 atom stereocenters. The Morgan fingerprint density at radius 1 is 1.24 bits per heavy atom. The van der Waals surface area contributed by atoms with Crippen LogP contribution in [0, 0.1) is 17.6 Å². The molecular weight excluding hydrogens is 272 g/mol. The standard InChI is InChI=1S/C17H25F2NO/c1-2-16(12-6-4-3-5-7-12)20-11-17(21)14-9-8-13(18)10-15(14)19/h8-10,12,16-17,20-21H,2-7,11H2,1H3. The van der Waals surface area contributed by atoms with E-state index in [4.69, 9.17) is 0 Å². The van der Waals surface area contributed by atoms with Crippen LogP contribution in [0.15, 0.2) is 18.2 Å². The highest BCUT2D eigenvalue weighted by Gasteiger charge is 2.23. The maximum absolute atomic E-state index is 13.6. The molecule has 0 aromatic heterocycles. The lowest BCUT2D eigenvalue weighted by atomic mass is 9.83. The first kappa shape index (κ1) is 16.4. The van der Waals surface area contributed by atoms with Gasteiger partial charge in [-0.1, -0.05) is 32.3 Å². The largest absolute Gasteiger partial charge is 0.387 e. The summed E-state index contributed by atoms with van der Waals surface area (Å²) in [7, 11) is 0. The molecule has 0 bridgehead atoms. The quantitative estimate of drug-likeness (QED) is 0.833. The van der Waals surface area contributed by atoms with E-state index in [-0.39, 0.29) is 5.56 Å². The van der Waals surface area contributed by atoms with Crippen LogP contribution < -0.4 is 5.32 Å². The van der Waals surface area contributed by atoms with Crippen molar-refractivity contribution in [2.75, 3.05) is 6.54 Å². The monoisotopic (exact) mass is 297 g/mol. The molecule has 1 aromatic carbocycles. The van der Waals surface area contributed by atoms with Crippen molar-refractivity contribution in [1.82, 2.24) is 5.32 Å². The van der Waals surface area contributed by atoms with Crippen LogP contribution in [0.25, 0.3) is 0 Å². The third-order valence-electron chi connectivity index (χ3n) is 4.55. The molecule has 2 rings (SSSR count). The maximum atomic E-state index is 13.6. The van der Waals surface area contributed by atoms with Crippen molar-refractivity contribution in [3.8, 4) is 0 Å². The van der Waals surface area contributed by atoms with Gasteiger partial charge in [0.05, 0.1) is 6.10 Å². The van der Waals surface area contributed by atoms with Crippen LogP contribution in [0.5, 0.6) is 0 Å². The minimum atomic E-state index is -0.941. The first-order chi connectivity index (χ1) is 10.1. The SMILES string of the molecule is CCC(NCC(O)c1ccc(F)cc1F)C1CCCCC1. The van der Waals surface area contributed by atoms with E-state index in [1.54, 1.807) is 0 Å². The lowest BCUT2D eigenvalue weighted by Crippen LogP contribution is -2.39. The van der Waals surface area contributed by atoms with Crippen LogP contribution in [0.3, 0.4) is 0 Å². The number of benzene rings is 1. The van der Waals surface area contributed by atoms with Crippen LogP contribution in [0.4, 0.5) is 8.78 Å². The second-order valence-corrected chi connectivity index (χ2v) is 6.00. The van der Waals surface area contributed by atoms with Crippen molar-refractivity contribution in [2.24, 2.45) is 5.92 Å². The van der Waals surface area contributed by atoms with Gasteiger partial charge in [-0.2, -0.15) is 0 Å². The minimum Gasteiger partial charge on any atom is -0.387 e. The Hall–Kier alpha value is -1.00. The van der Waals surface area contributed by atoms with E-state index in [0.717, 1.165) is 12.5 Å². The molecule has 118 valence electrons. The highest BCUT2D eigenvalue weighted by atomic mass is 19.1. The molecule has 0 aliphatic heterocycles. The summed E-state index contributed by atoms with van der Waals surface area (Å²) in [6.07, 6.45) is 6.39. The Labute approximate surface area is 125 Å². The Morgan fingerprint density at radius 2 is 1.95 bits per heavy atom. The second-order valence-electron chi connectivity index (χ2n) is 6.00. The van der Waals surface area contributed by atoms with Crippen LogP contribution >= 0.6 is 0 Å². The lowest BCUT2D eigenvalue weighted by molar-refractivity contribution is 0.153. The zero-order chi connectivity index (χ0) is 15.2. The molecular formula is C17H25F2NO. The Morgan fingerprint density at radius 3 is 2.57 bits per heavy atom. The van der Waals surface area contributed by atoms with E-state index in [2.05, 4.69) is 12.2 Å². The van der Waals surface area contributed by atoms with Crippen molar-refractivity contribution >= 4 is 0 Å². The van der Waals surface area contributed by atoms with Crippen LogP contribution in [0.1, 0.15) is 57.1 Å². The molecule has 0 radical (unpaired) electrons. The minimum absolute atomic E-state index is 0.155. The van der Waals surface area contributed by atoms with Gasteiger partial charge in [0, 0.05) is 24.2 Å². The molecule has 1 aliphatic rings. The van der Waals surface area contributed by atoms with Gasteiger partial charge in [0.1, 0.15) is 11.6 Å². The third-order valence-corrected chi connectivity index (χ3v) is 4.55. The van der Waals surface area contributed by atoms with Gasteiger partial charge in [-0.25, -0.2) is 8.78 Å². The Bertz CT molecular complexity index is 446. The van der Waals surface area contributed by atoms with E-state index in [0.29, 0.717) is 18.5 Å². The van der Waals surface area contributed by atoms with Gasteiger partial charge in [-0.3, -0.25) is 0 Å². The molecule has 0 amide bonds. The van der Waals surface area contributed by atoms with Crippen LogP contribution in [-0.4, -0.2) is 17.7 Å². The number of hydrogen-bond donors (Lipinski definition) is 2. The molecule has 0 saturated heterocycles. The normalized spacial score (nSPS) is 19.4. The second kappa shape index (κ2) is 7.85. The zero-order valence-electron chi connectivity index (χ0n) is 12.6. The van der Waals surface area contributed by atoms with E-state index < -0.39 is 17.7 Å². The van der Waals surface area contributed by atoms with Gasteiger partial charge < -0.3 is 10.4 Å². The molecule has 21 heavy (non-hydrogen) atoms. The number of rotatable bonds is 6. The molecule has 4 heteroatoms. The van der Waals surface area contributed by atoms with Gasteiger partial charge in [-0.05, 0) is 31.2 Å². The van der Waals surface area contributed by atoms with E-state index in [9.17, 15) is 13.9 Å². The van der Waals surface area contributed by atoms with Gasteiger partial charge in [0.25, 0.3) is 0 Å². The average molecular weight is 297 g/mol. The van der Waals surface area contributed by atoms with Gasteiger partial charge in [0.15, 0.2) is 0 Å². The van der Waals surface area contributed by atoms with E-state index in [1.165, 1.54) is 44.2 Å². The summed E-state index contributed by atoms with van der Waals surface area (Å²) in [5.74, 6) is -0.658. The smallest absolute Gasteiger partial charge is 0.131 e. The molecule has 0 spiro atoms. The lowest BCUT2D eigenvalue weighted by Gasteiger charge is -2.31. The molecule has 2 nitrogen and oxygen atoms in total. The fourth-order valence-corrected chi connectivity index (χ4v) is 3.33. The summed E-state index contributed by atoms with van der Waals surface area (Å²) in [6, 6.07) is 3.68. The topological polar surface area (TPSA) is 32.3 Å². The van der Waals surface area contributed by atoms with E-state index in [1.807, 2.05) is 0 Å². The fraction of sp³-hybridized carbons (Fsp3) is 0.647. The molecule has 1 fully saturated rings. The maximum Gasteiger partial charge on any atom is 0.131 e. The van der Waals surface area contributed by atoms with Gasteiger partial charge >= 0.3 is 0 Å². The first-order valence-electron chi connectivity index (χ1n) is 7.98. The average Bonchev–Trinajstić information content (AvgIpc) is 2.48. The first-order valence-corrected chi connectivity index (χ1v) is 7.98. The highest BCUT2D eigenvalue weighted by molar-refractivity contribution is 5.21. The van der Waals surface area contributed by atoms with Crippen molar-refractivity contribution in [2.45, 2.75) is 57.6 Å². The number of aliphatic hydroxyl groups is 1. The summed E-state index contributed by atoms with van der Waals surface area (Å²) in [6.45, 7) is 2.44. The molecule has 1 aliphatic carbocycles. The predicted molar refractivity (Wildman–Crippen MR) is 80.0 cm³/mol. The number of nitrogens with one attached hydrogen (secondary N) is 1. The third kappa shape index (κ3) is 4.48. The zero-order valence-corrected chi connectivity index (χ0v) is 12.6. The molecule has 2 N–H and O–H groups in total. The number of hydrogen-bond acceptors (Lipinski definition) is 2. The van der Waals surface area contributed by atoms with Crippen LogP contribution in [-0.2, 0) is 0 Å². The summed E-state index contributed by atoms with van der Waals surface area (Å²) in [5, 5.41) is 13.5. The van der Waals surface area contributed by atoms with Crippen molar-refractivity contribution in [3.05, 3.63) is 35.4 Å². The number of halogens is 2. The molecule has 1 saturated carbocycles. The predicted octanol–water partition coefficient (Wildman–Crippen LogP) is 3.95. The van der Waals surface area contributed by atoms with E-state index >= 15 is 0 Å². The summed E-state index contributed by atoms with van der Waals surface area (Å²) in [4.78, 5) is 0. The Kier molecular flexibility index (Phi) is 6.12. The van der Waals surface area contributed by atoms with Crippen LogP contribution in [0.2, 0.25) is 0 Å².